The predicted octanol–water partition coefficient (Wildman–Crippen LogP) is 3.42. The maximum absolute atomic E-state index is 13.3. The molecule has 2 aromatic heterocycles. The number of hydrogen-bond acceptors (Lipinski definition) is 4. The summed E-state index contributed by atoms with van der Waals surface area (Å²) < 4.78 is 35.3. The lowest BCUT2D eigenvalue weighted by Crippen LogP contribution is -2.19. The van der Waals surface area contributed by atoms with Crippen molar-refractivity contribution in [1.82, 2.24) is 8.96 Å². The minimum absolute atomic E-state index is 0.0495. The van der Waals surface area contributed by atoms with Crippen LogP contribution in [0.4, 0.5) is 0 Å². The van der Waals surface area contributed by atoms with E-state index < -0.39 is 10.3 Å². The van der Waals surface area contributed by atoms with E-state index in [4.69, 9.17) is 0 Å². The van der Waals surface area contributed by atoms with Crippen LogP contribution in [0, 0.1) is 13.8 Å². The zero-order valence-electron chi connectivity index (χ0n) is 16.1. The molecule has 0 aliphatic carbocycles. The fourth-order valence-electron chi connectivity index (χ4n) is 4.21. The first kappa shape index (κ1) is 18.5. The molecular weight excluding hydrogens is 404 g/mol. The second-order valence-electron chi connectivity index (χ2n) is 7.41. The van der Waals surface area contributed by atoms with Crippen LogP contribution in [0.5, 0.6) is 0 Å². The number of fused-ring (bicyclic) bond motifs is 4. The van der Waals surface area contributed by atoms with Gasteiger partial charge in [-0.1, -0.05) is 24.3 Å². The Hall–Kier alpha value is -3.49. The van der Waals surface area contributed by atoms with Gasteiger partial charge in [-0.25, -0.2) is 3.97 Å². The first-order valence-corrected chi connectivity index (χ1v) is 10.6. The molecule has 8 heteroatoms. The zero-order chi connectivity index (χ0) is 21.4. The lowest BCUT2D eigenvalue weighted by Gasteiger charge is -2.14. The van der Waals surface area contributed by atoms with Crippen LogP contribution in [0.2, 0.25) is 0 Å². The standard InChI is InChI=1S/C22H16N2O5S/c1-11-5-3-7-15-19(11)21(25)13-10-18-14(9-16(13)23-15)22(26)20-12(2)6-4-8-17(20)24(18)30(27,28)29/h3-10H,1-2H3,(H,23,25)(H,27,28,29). The number of aryl methyl sites for hydroxylation is 2. The Balaban J connectivity index is 2.15. The molecule has 0 fully saturated rings. The van der Waals surface area contributed by atoms with Crippen LogP contribution < -0.4 is 10.9 Å². The third-order valence-electron chi connectivity index (χ3n) is 5.54. The molecule has 0 atom stereocenters. The molecule has 0 aliphatic heterocycles. The molecule has 0 aliphatic rings. The fourth-order valence-corrected chi connectivity index (χ4v) is 5.01. The zero-order valence-corrected chi connectivity index (χ0v) is 16.9. The van der Waals surface area contributed by atoms with Gasteiger partial charge in [0.2, 0.25) is 0 Å². The molecular formula is C22H16N2O5S. The Morgan fingerprint density at radius 3 is 2.13 bits per heavy atom. The Kier molecular flexibility index (Phi) is 3.71. The summed E-state index contributed by atoms with van der Waals surface area (Å²) in [4.78, 5) is 29.6. The maximum Gasteiger partial charge on any atom is 0.364 e. The van der Waals surface area contributed by atoms with Crippen LogP contribution in [-0.2, 0) is 10.3 Å². The van der Waals surface area contributed by atoms with Crippen molar-refractivity contribution in [2.75, 3.05) is 0 Å². The molecule has 0 saturated carbocycles. The topological polar surface area (TPSA) is 109 Å². The maximum atomic E-state index is 13.3. The first-order valence-electron chi connectivity index (χ1n) is 9.20. The van der Waals surface area contributed by atoms with E-state index in [0.717, 1.165) is 5.56 Å². The van der Waals surface area contributed by atoms with Crippen LogP contribution in [0.25, 0.3) is 43.6 Å². The largest absolute Gasteiger partial charge is 0.364 e. The number of aromatic amines is 1. The molecule has 30 heavy (non-hydrogen) atoms. The average molecular weight is 420 g/mol. The predicted molar refractivity (Wildman–Crippen MR) is 118 cm³/mol. The molecule has 2 N–H and O–H groups in total. The van der Waals surface area contributed by atoms with Gasteiger partial charge in [-0.05, 0) is 49.2 Å². The van der Waals surface area contributed by atoms with Gasteiger partial charge in [0.15, 0.2) is 10.9 Å². The van der Waals surface area contributed by atoms with Crippen molar-refractivity contribution in [2.45, 2.75) is 13.8 Å². The first-order chi connectivity index (χ1) is 14.2. The van der Waals surface area contributed by atoms with E-state index in [2.05, 4.69) is 4.98 Å². The second-order valence-corrected chi connectivity index (χ2v) is 8.67. The van der Waals surface area contributed by atoms with E-state index in [0.29, 0.717) is 26.0 Å². The van der Waals surface area contributed by atoms with Gasteiger partial charge in [-0.15, -0.1) is 0 Å². The monoisotopic (exact) mass is 420 g/mol. The third kappa shape index (κ3) is 2.44. The van der Waals surface area contributed by atoms with Gasteiger partial charge >= 0.3 is 10.3 Å². The van der Waals surface area contributed by atoms with Crippen molar-refractivity contribution in [2.24, 2.45) is 0 Å². The molecule has 150 valence electrons. The third-order valence-corrected chi connectivity index (χ3v) is 6.40. The SMILES string of the molecule is Cc1cccc2[nH]c3cc4c(=O)c5c(C)cccc5n(S(=O)(=O)O)c4cc3c(=O)c12. The van der Waals surface area contributed by atoms with E-state index in [9.17, 15) is 22.6 Å². The highest BCUT2D eigenvalue weighted by Gasteiger charge is 2.21. The van der Waals surface area contributed by atoms with Crippen LogP contribution in [-0.4, -0.2) is 21.9 Å². The molecule has 0 radical (unpaired) electrons. The summed E-state index contributed by atoms with van der Waals surface area (Å²) >= 11 is 0. The van der Waals surface area contributed by atoms with E-state index in [1.807, 2.05) is 19.1 Å². The summed E-state index contributed by atoms with van der Waals surface area (Å²) in [7, 11) is -4.76. The summed E-state index contributed by atoms with van der Waals surface area (Å²) in [5.74, 6) is 0. The van der Waals surface area contributed by atoms with Crippen LogP contribution in [0.1, 0.15) is 11.1 Å². The molecule has 0 saturated heterocycles. The van der Waals surface area contributed by atoms with Gasteiger partial charge in [0.05, 0.1) is 27.5 Å². The summed E-state index contributed by atoms with van der Waals surface area (Å²) in [6, 6.07) is 13.0. The van der Waals surface area contributed by atoms with E-state index in [1.165, 1.54) is 18.2 Å². The minimum atomic E-state index is -4.76. The number of rotatable bonds is 1. The minimum Gasteiger partial charge on any atom is -0.354 e. The molecule has 5 aromatic rings. The molecule has 0 unspecified atom stereocenters. The summed E-state index contributed by atoms with van der Waals surface area (Å²) in [5.41, 5.74) is 1.75. The summed E-state index contributed by atoms with van der Waals surface area (Å²) in [5, 5.41) is 1.00. The van der Waals surface area contributed by atoms with Gasteiger partial charge in [-0.2, -0.15) is 8.42 Å². The van der Waals surface area contributed by atoms with Gasteiger partial charge in [0.1, 0.15) is 0 Å². The van der Waals surface area contributed by atoms with Crippen LogP contribution >= 0.6 is 0 Å². The van der Waals surface area contributed by atoms with E-state index in [-0.39, 0.29) is 38.0 Å². The lowest BCUT2D eigenvalue weighted by molar-refractivity contribution is 0.476. The number of pyridine rings is 2. The van der Waals surface area contributed by atoms with Crippen molar-refractivity contribution in [3.8, 4) is 0 Å². The van der Waals surface area contributed by atoms with Crippen molar-refractivity contribution >= 4 is 53.9 Å². The molecule has 7 nitrogen and oxygen atoms in total. The average Bonchev–Trinajstić information content (AvgIpc) is 2.66. The summed E-state index contributed by atoms with van der Waals surface area (Å²) in [6.45, 7) is 3.51. The highest BCUT2D eigenvalue weighted by atomic mass is 32.2. The van der Waals surface area contributed by atoms with Crippen molar-refractivity contribution in [1.29, 1.82) is 0 Å². The van der Waals surface area contributed by atoms with E-state index in [1.54, 1.807) is 25.1 Å². The van der Waals surface area contributed by atoms with Crippen LogP contribution in [0.3, 0.4) is 0 Å². The molecule has 0 bridgehead atoms. The quantitative estimate of drug-likeness (QED) is 0.319. The fraction of sp³-hybridized carbons (Fsp3) is 0.0909. The summed E-state index contributed by atoms with van der Waals surface area (Å²) in [6.07, 6.45) is 0. The van der Waals surface area contributed by atoms with Gasteiger partial charge < -0.3 is 4.98 Å². The Morgan fingerprint density at radius 1 is 0.800 bits per heavy atom. The highest BCUT2D eigenvalue weighted by molar-refractivity contribution is 7.84. The smallest absolute Gasteiger partial charge is 0.354 e. The number of nitrogens with zero attached hydrogens (tertiary/aromatic N) is 1. The van der Waals surface area contributed by atoms with Gasteiger partial charge in [0, 0.05) is 16.2 Å². The molecule has 2 heterocycles. The molecule has 3 aromatic carbocycles. The van der Waals surface area contributed by atoms with Crippen molar-refractivity contribution < 1.29 is 13.0 Å². The number of benzene rings is 3. The number of nitrogens with one attached hydrogen (secondary N) is 1. The Bertz CT molecular complexity index is 1780. The molecule has 5 rings (SSSR count). The van der Waals surface area contributed by atoms with Crippen molar-refractivity contribution in [3.63, 3.8) is 0 Å². The van der Waals surface area contributed by atoms with Crippen LogP contribution in [0.15, 0.2) is 58.1 Å². The number of H-pyrrole nitrogens is 1. The highest BCUT2D eigenvalue weighted by Crippen LogP contribution is 2.27. The Labute approximate surface area is 170 Å². The van der Waals surface area contributed by atoms with E-state index >= 15 is 0 Å². The molecule has 0 amide bonds. The Morgan fingerprint density at radius 2 is 1.43 bits per heavy atom. The van der Waals surface area contributed by atoms with Crippen molar-refractivity contribution in [3.05, 3.63) is 80.1 Å². The number of aromatic nitrogens is 2. The molecule has 0 spiro atoms. The van der Waals surface area contributed by atoms with Gasteiger partial charge in [0.25, 0.3) is 0 Å². The number of hydrogen-bond donors (Lipinski definition) is 2. The second kappa shape index (κ2) is 6.01. The lowest BCUT2D eigenvalue weighted by atomic mass is 10.0. The normalized spacial score (nSPS) is 12.4. The van der Waals surface area contributed by atoms with Gasteiger partial charge in [-0.3, -0.25) is 14.1 Å².